The Labute approximate surface area is 133 Å². The lowest BCUT2D eigenvalue weighted by molar-refractivity contribution is 1.27. The maximum atomic E-state index is 6.21. The van der Waals surface area contributed by atoms with Gasteiger partial charge in [-0.25, -0.2) is 4.98 Å². The summed E-state index contributed by atoms with van der Waals surface area (Å²) in [7, 11) is 1.90. The van der Waals surface area contributed by atoms with Crippen LogP contribution in [-0.2, 0) is 5.75 Å². The van der Waals surface area contributed by atoms with Crippen molar-refractivity contribution in [1.29, 1.82) is 0 Å². The van der Waals surface area contributed by atoms with Crippen LogP contribution in [0.15, 0.2) is 59.5 Å². The summed E-state index contributed by atoms with van der Waals surface area (Å²) in [6.07, 6.45) is 0. The zero-order valence-corrected chi connectivity index (χ0v) is 13.2. The van der Waals surface area contributed by atoms with Crippen molar-refractivity contribution in [2.24, 2.45) is 0 Å². The molecule has 0 aliphatic carbocycles. The zero-order valence-electron chi connectivity index (χ0n) is 11.6. The number of thioether (sulfide) groups is 1. The second kappa shape index (κ2) is 6.37. The van der Waals surface area contributed by atoms with Gasteiger partial charge in [0.2, 0.25) is 0 Å². The SMILES string of the molecule is CNc1nc2ccccc2cc1CSc1ccccc1Cl. The van der Waals surface area contributed by atoms with Crippen LogP contribution in [0.4, 0.5) is 5.82 Å². The van der Waals surface area contributed by atoms with Gasteiger partial charge in [0.15, 0.2) is 0 Å². The number of para-hydroxylation sites is 1. The molecular weight excluding hydrogens is 300 g/mol. The van der Waals surface area contributed by atoms with Gasteiger partial charge in [-0.2, -0.15) is 0 Å². The Morgan fingerprint density at radius 2 is 1.86 bits per heavy atom. The number of anilines is 1. The number of hydrogen-bond acceptors (Lipinski definition) is 3. The molecule has 0 bridgehead atoms. The molecule has 0 aliphatic rings. The van der Waals surface area contributed by atoms with Crippen LogP contribution in [0, 0.1) is 0 Å². The van der Waals surface area contributed by atoms with E-state index < -0.39 is 0 Å². The molecule has 106 valence electrons. The highest BCUT2D eigenvalue weighted by Gasteiger charge is 2.07. The smallest absolute Gasteiger partial charge is 0.130 e. The van der Waals surface area contributed by atoms with Gasteiger partial charge in [0.05, 0.1) is 10.5 Å². The summed E-state index contributed by atoms with van der Waals surface area (Å²) in [5.74, 6) is 1.76. The molecule has 0 saturated carbocycles. The zero-order chi connectivity index (χ0) is 14.7. The number of nitrogens with zero attached hydrogens (tertiary/aromatic N) is 1. The molecule has 4 heteroatoms. The van der Waals surface area contributed by atoms with Crippen LogP contribution in [0.2, 0.25) is 5.02 Å². The Balaban J connectivity index is 1.91. The largest absolute Gasteiger partial charge is 0.373 e. The van der Waals surface area contributed by atoms with Gasteiger partial charge in [0.1, 0.15) is 5.82 Å². The average Bonchev–Trinajstić information content (AvgIpc) is 2.53. The first-order chi connectivity index (χ1) is 10.3. The summed E-state index contributed by atoms with van der Waals surface area (Å²) in [6.45, 7) is 0. The van der Waals surface area contributed by atoms with E-state index in [1.165, 1.54) is 5.56 Å². The van der Waals surface area contributed by atoms with Crippen molar-refractivity contribution in [3.8, 4) is 0 Å². The third kappa shape index (κ3) is 3.14. The lowest BCUT2D eigenvalue weighted by atomic mass is 10.1. The van der Waals surface area contributed by atoms with E-state index in [1.807, 2.05) is 49.5 Å². The molecule has 21 heavy (non-hydrogen) atoms. The summed E-state index contributed by atoms with van der Waals surface area (Å²) < 4.78 is 0. The van der Waals surface area contributed by atoms with Crippen LogP contribution in [0.1, 0.15) is 5.56 Å². The Morgan fingerprint density at radius 3 is 2.67 bits per heavy atom. The van der Waals surface area contributed by atoms with Crippen molar-refractivity contribution < 1.29 is 0 Å². The van der Waals surface area contributed by atoms with Crippen molar-refractivity contribution in [3.05, 3.63) is 65.2 Å². The van der Waals surface area contributed by atoms with Crippen LogP contribution in [0.3, 0.4) is 0 Å². The van der Waals surface area contributed by atoms with Gasteiger partial charge in [-0.05, 0) is 24.3 Å². The highest BCUT2D eigenvalue weighted by atomic mass is 35.5. The van der Waals surface area contributed by atoms with Crippen molar-refractivity contribution in [3.63, 3.8) is 0 Å². The summed E-state index contributed by atoms with van der Waals surface area (Å²) in [5, 5.41) is 5.13. The molecule has 0 aliphatic heterocycles. The van der Waals surface area contributed by atoms with E-state index in [2.05, 4.69) is 22.4 Å². The second-order valence-electron chi connectivity index (χ2n) is 4.66. The van der Waals surface area contributed by atoms with Crippen LogP contribution < -0.4 is 5.32 Å². The molecule has 0 atom stereocenters. The van der Waals surface area contributed by atoms with Gasteiger partial charge in [-0.15, -0.1) is 11.8 Å². The van der Waals surface area contributed by atoms with Gasteiger partial charge in [-0.1, -0.05) is 41.9 Å². The fourth-order valence-corrected chi connectivity index (χ4v) is 3.41. The lowest BCUT2D eigenvalue weighted by Gasteiger charge is -2.10. The molecule has 0 spiro atoms. The van der Waals surface area contributed by atoms with Crippen molar-refractivity contribution in [2.45, 2.75) is 10.6 Å². The molecule has 3 aromatic rings. The molecule has 0 saturated heterocycles. The summed E-state index contributed by atoms with van der Waals surface area (Å²) in [4.78, 5) is 5.76. The number of aromatic nitrogens is 1. The molecular formula is C17H15ClN2S. The first-order valence-electron chi connectivity index (χ1n) is 6.71. The molecule has 1 heterocycles. The van der Waals surface area contributed by atoms with Crippen LogP contribution in [0.5, 0.6) is 0 Å². The molecule has 0 unspecified atom stereocenters. The van der Waals surface area contributed by atoms with Crippen LogP contribution in [0.25, 0.3) is 10.9 Å². The summed E-state index contributed by atoms with van der Waals surface area (Å²) in [5.41, 5.74) is 2.19. The summed E-state index contributed by atoms with van der Waals surface area (Å²) in [6, 6.07) is 18.3. The molecule has 2 nitrogen and oxygen atoms in total. The van der Waals surface area contributed by atoms with Crippen molar-refractivity contribution in [2.75, 3.05) is 12.4 Å². The van der Waals surface area contributed by atoms with E-state index in [1.54, 1.807) is 11.8 Å². The fourth-order valence-electron chi connectivity index (χ4n) is 2.20. The second-order valence-corrected chi connectivity index (χ2v) is 6.08. The topological polar surface area (TPSA) is 24.9 Å². The predicted octanol–water partition coefficient (Wildman–Crippen LogP) is 5.22. The average molecular weight is 315 g/mol. The lowest BCUT2D eigenvalue weighted by Crippen LogP contribution is -1.98. The molecule has 3 rings (SSSR count). The van der Waals surface area contributed by atoms with Gasteiger partial charge >= 0.3 is 0 Å². The molecule has 0 radical (unpaired) electrons. The Bertz CT molecular complexity index is 774. The van der Waals surface area contributed by atoms with E-state index in [-0.39, 0.29) is 0 Å². The number of nitrogens with one attached hydrogen (secondary N) is 1. The van der Waals surface area contributed by atoms with Gasteiger partial charge in [0, 0.05) is 28.6 Å². The van der Waals surface area contributed by atoms with Crippen molar-refractivity contribution >= 4 is 40.1 Å². The van der Waals surface area contributed by atoms with E-state index in [4.69, 9.17) is 11.6 Å². The Kier molecular flexibility index (Phi) is 4.32. The molecule has 1 N–H and O–H groups in total. The number of hydrogen-bond donors (Lipinski definition) is 1. The molecule has 1 aromatic heterocycles. The number of pyridine rings is 1. The maximum Gasteiger partial charge on any atom is 0.130 e. The third-order valence-corrected chi connectivity index (χ3v) is 4.82. The minimum absolute atomic E-state index is 0.794. The fraction of sp³-hybridized carbons (Fsp3) is 0.118. The highest BCUT2D eigenvalue weighted by Crippen LogP contribution is 2.32. The van der Waals surface area contributed by atoms with Crippen LogP contribution in [-0.4, -0.2) is 12.0 Å². The predicted molar refractivity (Wildman–Crippen MR) is 92.3 cm³/mol. The molecule has 2 aromatic carbocycles. The monoisotopic (exact) mass is 314 g/mol. The Morgan fingerprint density at radius 1 is 1.10 bits per heavy atom. The minimum atomic E-state index is 0.794. The van der Waals surface area contributed by atoms with Gasteiger partial charge in [0.25, 0.3) is 0 Å². The number of benzene rings is 2. The first-order valence-corrected chi connectivity index (χ1v) is 8.08. The van der Waals surface area contributed by atoms with Crippen LogP contribution >= 0.6 is 23.4 Å². The van der Waals surface area contributed by atoms with E-state index in [0.717, 1.165) is 32.4 Å². The molecule has 0 fully saturated rings. The van der Waals surface area contributed by atoms with Gasteiger partial charge < -0.3 is 5.32 Å². The number of rotatable bonds is 4. The number of halogens is 1. The minimum Gasteiger partial charge on any atom is -0.373 e. The van der Waals surface area contributed by atoms with E-state index >= 15 is 0 Å². The van der Waals surface area contributed by atoms with Gasteiger partial charge in [-0.3, -0.25) is 0 Å². The molecule has 0 amide bonds. The third-order valence-electron chi connectivity index (χ3n) is 3.26. The van der Waals surface area contributed by atoms with Crippen molar-refractivity contribution in [1.82, 2.24) is 4.98 Å². The maximum absolute atomic E-state index is 6.21. The highest BCUT2D eigenvalue weighted by molar-refractivity contribution is 7.98. The quantitative estimate of drug-likeness (QED) is 0.668. The standard InChI is InChI=1S/C17H15ClN2S/c1-19-17-13(10-12-6-2-4-8-15(12)20-17)11-21-16-9-5-3-7-14(16)18/h2-10H,11H2,1H3,(H,19,20). The first kappa shape index (κ1) is 14.2. The number of fused-ring (bicyclic) bond motifs is 1. The van der Waals surface area contributed by atoms with E-state index in [9.17, 15) is 0 Å². The normalized spacial score (nSPS) is 10.8. The summed E-state index contributed by atoms with van der Waals surface area (Å²) >= 11 is 7.93. The van der Waals surface area contributed by atoms with E-state index in [0.29, 0.717) is 0 Å². The Hall–Kier alpha value is -1.71.